The molecule has 2 amide bonds. The van der Waals surface area contributed by atoms with E-state index in [1.165, 1.54) is 0 Å². The maximum atomic E-state index is 12.1. The highest BCUT2D eigenvalue weighted by molar-refractivity contribution is 5.90. The number of hydrogen-bond acceptors (Lipinski definition) is 3. The van der Waals surface area contributed by atoms with Gasteiger partial charge in [0.25, 0.3) is 0 Å². The lowest BCUT2D eigenvalue weighted by atomic mass is 10.1. The number of carbonyl (C=O) groups is 2. The van der Waals surface area contributed by atoms with Crippen molar-refractivity contribution in [2.75, 3.05) is 13.7 Å². The minimum Gasteiger partial charge on any atom is -0.383 e. The summed E-state index contributed by atoms with van der Waals surface area (Å²) in [7, 11) is 1.61. The number of hydrogen-bond donors (Lipinski definition) is 1. The summed E-state index contributed by atoms with van der Waals surface area (Å²) >= 11 is 0. The van der Waals surface area contributed by atoms with E-state index in [1.807, 2.05) is 13.8 Å². The number of nitrogens with zero attached hydrogens (tertiary/aromatic N) is 1. The number of rotatable bonds is 3. The predicted octanol–water partition coefficient (Wildman–Crippen LogP) is 0.147. The van der Waals surface area contributed by atoms with Crippen LogP contribution in [0.1, 0.15) is 27.2 Å². The van der Waals surface area contributed by atoms with E-state index in [1.54, 1.807) is 18.9 Å². The summed E-state index contributed by atoms with van der Waals surface area (Å²) in [6.45, 7) is 6.02. The van der Waals surface area contributed by atoms with Crippen molar-refractivity contribution in [3.63, 3.8) is 0 Å². The molecule has 0 saturated carbocycles. The molecule has 0 aromatic rings. The molecular formula is C11H20N2O3. The fraction of sp³-hybridized carbons (Fsp3) is 0.818. The molecule has 5 nitrogen and oxygen atoms in total. The molecule has 1 fully saturated rings. The van der Waals surface area contributed by atoms with E-state index in [9.17, 15) is 9.59 Å². The highest BCUT2D eigenvalue weighted by Gasteiger charge is 2.34. The zero-order chi connectivity index (χ0) is 12.3. The molecular weight excluding hydrogens is 208 g/mol. The Morgan fingerprint density at radius 3 is 2.69 bits per heavy atom. The standard InChI is InChI=1S/C11H20N2O3/c1-7-5-10(14)12-9(3)11(15)13(7)8(2)6-16-4/h7-9H,5-6H2,1-4H3,(H,12,14). The Balaban J connectivity index is 2.85. The predicted molar refractivity (Wildman–Crippen MR) is 59.9 cm³/mol. The molecule has 5 heteroatoms. The first kappa shape index (κ1) is 13.0. The van der Waals surface area contributed by atoms with Crippen molar-refractivity contribution < 1.29 is 14.3 Å². The van der Waals surface area contributed by atoms with Gasteiger partial charge in [-0.2, -0.15) is 0 Å². The summed E-state index contributed by atoms with van der Waals surface area (Å²) in [4.78, 5) is 25.3. The largest absolute Gasteiger partial charge is 0.383 e. The van der Waals surface area contributed by atoms with Crippen molar-refractivity contribution in [1.82, 2.24) is 10.2 Å². The van der Waals surface area contributed by atoms with Crippen molar-refractivity contribution in [3.8, 4) is 0 Å². The number of methoxy groups -OCH3 is 1. The van der Waals surface area contributed by atoms with Crippen LogP contribution in [0.2, 0.25) is 0 Å². The summed E-state index contributed by atoms with van der Waals surface area (Å²) in [6.07, 6.45) is 0.351. The highest BCUT2D eigenvalue weighted by Crippen LogP contribution is 2.15. The van der Waals surface area contributed by atoms with Crippen LogP contribution in [-0.2, 0) is 14.3 Å². The molecule has 1 aliphatic rings. The quantitative estimate of drug-likeness (QED) is 0.748. The molecule has 1 rings (SSSR count). The van der Waals surface area contributed by atoms with Crippen molar-refractivity contribution in [2.24, 2.45) is 0 Å². The molecule has 0 bridgehead atoms. The molecule has 0 aromatic carbocycles. The molecule has 3 unspecified atom stereocenters. The third-order valence-corrected chi connectivity index (χ3v) is 2.84. The maximum absolute atomic E-state index is 12.1. The number of amides is 2. The Labute approximate surface area is 96.1 Å². The fourth-order valence-corrected chi connectivity index (χ4v) is 2.14. The molecule has 92 valence electrons. The second-order valence-electron chi connectivity index (χ2n) is 4.39. The van der Waals surface area contributed by atoms with E-state index in [0.717, 1.165) is 0 Å². The van der Waals surface area contributed by atoms with Gasteiger partial charge in [-0.05, 0) is 20.8 Å². The van der Waals surface area contributed by atoms with Crippen molar-refractivity contribution in [3.05, 3.63) is 0 Å². The van der Waals surface area contributed by atoms with Crippen LogP contribution in [0.15, 0.2) is 0 Å². The smallest absolute Gasteiger partial charge is 0.245 e. The third-order valence-electron chi connectivity index (χ3n) is 2.84. The van der Waals surface area contributed by atoms with E-state index < -0.39 is 6.04 Å². The zero-order valence-corrected chi connectivity index (χ0v) is 10.3. The normalized spacial score (nSPS) is 28.6. The van der Waals surface area contributed by atoms with Gasteiger partial charge in [-0.3, -0.25) is 9.59 Å². The second kappa shape index (κ2) is 5.30. The topological polar surface area (TPSA) is 58.6 Å². The van der Waals surface area contributed by atoms with Crippen LogP contribution in [0.25, 0.3) is 0 Å². The minimum atomic E-state index is -0.447. The van der Waals surface area contributed by atoms with Crippen LogP contribution < -0.4 is 5.32 Å². The van der Waals surface area contributed by atoms with Crippen molar-refractivity contribution in [2.45, 2.75) is 45.3 Å². The number of nitrogens with one attached hydrogen (secondary N) is 1. The van der Waals surface area contributed by atoms with Gasteiger partial charge in [-0.15, -0.1) is 0 Å². The van der Waals surface area contributed by atoms with Crippen LogP contribution >= 0.6 is 0 Å². The summed E-state index contributed by atoms with van der Waals surface area (Å²) in [5, 5.41) is 2.68. The number of carbonyl (C=O) groups excluding carboxylic acids is 2. The van der Waals surface area contributed by atoms with Gasteiger partial charge in [0.15, 0.2) is 0 Å². The van der Waals surface area contributed by atoms with E-state index in [0.29, 0.717) is 13.0 Å². The van der Waals surface area contributed by atoms with E-state index in [2.05, 4.69) is 5.32 Å². The van der Waals surface area contributed by atoms with Gasteiger partial charge in [-0.1, -0.05) is 0 Å². The molecule has 0 radical (unpaired) electrons. The first-order valence-corrected chi connectivity index (χ1v) is 5.57. The lowest BCUT2D eigenvalue weighted by molar-refractivity contribution is -0.137. The SMILES string of the molecule is COCC(C)N1C(=O)C(C)NC(=O)CC1C. The van der Waals surface area contributed by atoms with Crippen LogP contribution in [-0.4, -0.2) is 48.6 Å². The monoisotopic (exact) mass is 228 g/mol. The summed E-state index contributed by atoms with van der Waals surface area (Å²) in [6, 6.07) is -0.540. The van der Waals surface area contributed by atoms with Gasteiger partial charge in [0.1, 0.15) is 6.04 Å². The van der Waals surface area contributed by atoms with Crippen LogP contribution in [0.3, 0.4) is 0 Å². The average molecular weight is 228 g/mol. The van der Waals surface area contributed by atoms with Gasteiger partial charge >= 0.3 is 0 Å². The van der Waals surface area contributed by atoms with Crippen LogP contribution in [0, 0.1) is 0 Å². The molecule has 1 aliphatic heterocycles. The summed E-state index contributed by atoms with van der Waals surface area (Å²) in [5.74, 6) is -0.108. The molecule has 0 aliphatic carbocycles. The van der Waals surface area contributed by atoms with Gasteiger partial charge in [0.2, 0.25) is 11.8 Å². The Hall–Kier alpha value is -1.10. The van der Waals surface area contributed by atoms with E-state index in [4.69, 9.17) is 4.74 Å². The van der Waals surface area contributed by atoms with Gasteiger partial charge in [0, 0.05) is 19.6 Å². The van der Waals surface area contributed by atoms with Gasteiger partial charge in [0.05, 0.1) is 12.6 Å². The van der Waals surface area contributed by atoms with E-state index in [-0.39, 0.29) is 23.9 Å². The zero-order valence-electron chi connectivity index (χ0n) is 10.3. The summed E-state index contributed by atoms with van der Waals surface area (Å²) < 4.78 is 5.06. The van der Waals surface area contributed by atoms with Crippen LogP contribution in [0.5, 0.6) is 0 Å². The average Bonchev–Trinajstić information content (AvgIpc) is 2.25. The first-order chi connectivity index (χ1) is 7.47. The second-order valence-corrected chi connectivity index (χ2v) is 4.39. The summed E-state index contributed by atoms with van der Waals surface area (Å²) in [5.41, 5.74) is 0. The third kappa shape index (κ3) is 2.72. The molecule has 0 spiro atoms. The molecule has 1 heterocycles. The van der Waals surface area contributed by atoms with Crippen molar-refractivity contribution >= 4 is 11.8 Å². The lowest BCUT2D eigenvalue weighted by Gasteiger charge is -2.33. The van der Waals surface area contributed by atoms with Crippen LogP contribution in [0.4, 0.5) is 0 Å². The lowest BCUT2D eigenvalue weighted by Crippen LogP contribution is -2.50. The number of ether oxygens (including phenoxy) is 1. The van der Waals surface area contributed by atoms with Gasteiger partial charge in [-0.25, -0.2) is 0 Å². The Kier molecular flexibility index (Phi) is 4.29. The molecule has 3 atom stereocenters. The Morgan fingerprint density at radius 1 is 1.50 bits per heavy atom. The minimum absolute atomic E-state index is 0.0114. The van der Waals surface area contributed by atoms with E-state index >= 15 is 0 Å². The molecule has 1 N–H and O–H groups in total. The van der Waals surface area contributed by atoms with Crippen molar-refractivity contribution in [1.29, 1.82) is 0 Å². The molecule has 1 saturated heterocycles. The highest BCUT2D eigenvalue weighted by atomic mass is 16.5. The fourth-order valence-electron chi connectivity index (χ4n) is 2.14. The first-order valence-electron chi connectivity index (χ1n) is 5.57. The molecule has 16 heavy (non-hydrogen) atoms. The maximum Gasteiger partial charge on any atom is 0.245 e. The Bertz CT molecular complexity index is 280. The molecule has 0 aromatic heterocycles. The Morgan fingerprint density at radius 2 is 2.12 bits per heavy atom. The van der Waals surface area contributed by atoms with Gasteiger partial charge < -0.3 is 15.0 Å².